The SMILES string of the molecule is O=C(NC1C=NN=N1)c1ccccc1. The van der Waals surface area contributed by atoms with Crippen LogP contribution in [0.1, 0.15) is 10.4 Å². The lowest BCUT2D eigenvalue weighted by Crippen LogP contribution is -2.33. The summed E-state index contributed by atoms with van der Waals surface area (Å²) in [5.74, 6) is -0.178. The van der Waals surface area contributed by atoms with Gasteiger partial charge in [0.05, 0.1) is 6.21 Å². The Balaban J connectivity index is 2.03. The van der Waals surface area contributed by atoms with E-state index in [9.17, 15) is 4.79 Å². The molecular weight excluding hydrogens is 180 g/mol. The van der Waals surface area contributed by atoms with E-state index in [-0.39, 0.29) is 5.91 Å². The first kappa shape index (κ1) is 8.55. The van der Waals surface area contributed by atoms with E-state index in [2.05, 4.69) is 20.8 Å². The van der Waals surface area contributed by atoms with Crippen LogP contribution in [0.4, 0.5) is 0 Å². The maximum Gasteiger partial charge on any atom is 0.253 e. The summed E-state index contributed by atoms with van der Waals surface area (Å²) in [6.07, 6.45) is 1.05. The highest BCUT2D eigenvalue weighted by atomic mass is 16.1. The summed E-state index contributed by atoms with van der Waals surface area (Å²) in [5.41, 5.74) is 0.600. The number of carbonyl (C=O) groups is 1. The van der Waals surface area contributed by atoms with Gasteiger partial charge in [-0.2, -0.15) is 0 Å². The van der Waals surface area contributed by atoms with Crippen LogP contribution in [0.3, 0.4) is 0 Å². The van der Waals surface area contributed by atoms with Crippen molar-refractivity contribution in [2.24, 2.45) is 15.4 Å². The number of benzene rings is 1. The summed E-state index contributed by atoms with van der Waals surface area (Å²) in [4.78, 5) is 11.5. The molecule has 0 radical (unpaired) electrons. The van der Waals surface area contributed by atoms with Gasteiger partial charge in [-0.1, -0.05) is 18.2 Å². The van der Waals surface area contributed by atoms with E-state index in [1.807, 2.05) is 6.07 Å². The summed E-state index contributed by atoms with van der Waals surface area (Å²) in [7, 11) is 0. The van der Waals surface area contributed by atoms with Gasteiger partial charge in [0.1, 0.15) is 0 Å². The maximum atomic E-state index is 11.5. The minimum atomic E-state index is -0.428. The van der Waals surface area contributed by atoms with Crippen molar-refractivity contribution in [3.05, 3.63) is 35.9 Å². The Morgan fingerprint density at radius 3 is 2.71 bits per heavy atom. The molecule has 0 bridgehead atoms. The molecule has 1 aliphatic rings. The van der Waals surface area contributed by atoms with E-state index in [1.165, 1.54) is 6.21 Å². The number of amides is 1. The van der Waals surface area contributed by atoms with E-state index in [0.717, 1.165) is 0 Å². The predicted octanol–water partition coefficient (Wildman–Crippen LogP) is 1.19. The first-order chi connectivity index (χ1) is 6.86. The third-order valence-corrected chi connectivity index (χ3v) is 1.75. The molecule has 2 rings (SSSR count). The van der Waals surface area contributed by atoms with Gasteiger partial charge in [0.15, 0.2) is 6.17 Å². The summed E-state index contributed by atoms with van der Waals surface area (Å²) in [6.45, 7) is 0. The van der Waals surface area contributed by atoms with Crippen molar-refractivity contribution in [2.45, 2.75) is 6.17 Å². The standard InChI is InChI=1S/C9H8N4O/c14-9(7-4-2-1-3-5-7)11-8-6-10-13-12-8/h1-6,8H,(H,11,14). The van der Waals surface area contributed by atoms with Crippen LogP contribution < -0.4 is 5.32 Å². The molecule has 1 aliphatic heterocycles. The Morgan fingerprint density at radius 2 is 2.07 bits per heavy atom. The van der Waals surface area contributed by atoms with Crippen molar-refractivity contribution in [1.82, 2.24) is 5.32 Å². The molecular formula is C9H8N4O. The third-order valence-electron chi connectivity index (χ3n) is 1.75. The zero-order chi connectivity index (χ0) is 9.80. The molecule has 0 saturated carbocycles. The highest BCUT2D eigenvalue weighted by molar-refractivity contribution is 5.95. The monoisotopic (exact) mass is 188 g/mol. The molecule has 0 saturated heterocycles. The van der Waals surface area contributed by atoms with Crippen molar-refractivity contribution >= 4 is 12.1 Å². The topological polar surface area (TPSA) is 66.2 Å². The molecule has 0 fully saturated rings. The lowest BCUT2D eigenvalue weighted by atomic mass is 10.2. The minimum Gasteiger partial charge on any atom is -0.324 e. The molecule has 1 aromatic carbocycles. The number of nitrogens with one attached hydrogen (secondary N) is 1. The van der Waals surface area contributed by atoms with Gasteiger partial charge in [-0.05, 0) is 17.4 Å². The predicted molar refractivity (Wildman–Crippen MR) is 51.0 cm³/mol. The normalized spacial score (nSPS) is 18.4. The number of rotatable bonds is 2. The Labute approximate surface area is 80.5 Å². The highest BCUT2D eigenvalue weighted by Gasteiger charge is 2.12. The summed E-state index contributed by atoms with van der Waals surface area (Å²) >= 11 is 0. The Hall–Kier alpha value is -2.04. The molecule has 14 heavy (non-hydrogen) atoms. The highest BCUT2D eigenvalue weighted by Crippen LogP contribution is 2.00. The van der Waals surface area contributed by atoms with Gasteiger partial charge in [0.2, 0.25) is 0 Å². The van der Waals surface area contributed by atoms with E-state index in [4.69, 9.17) is 0 Å². The molecule has 1 N–H and O–H groups in total. The quantitative estimate of drug-likeness (QED) is 0.744. The molecule has 5 nitrogen and oxygen atoms in total. The molecule has 5 heteroatoms. The lowest BCUT2D eigenvalue weighted by Gasteiger charge is -2.05. The maximum absolute atomic E-state index is 11.5. The van der Waals surface area contributed by atoms with Crippen molar-refractivity contribution in [1.29, 1.82) is 0 Å². The first-order valence-electron chi connectivity index (χ1n) is 4.15. The molecule has 0 aromatic heterocycles. The third kappa shape index (κ3) is 1.82. The minimum absolute atomic E-state index is 0.178. The number of hydrogen-bond acceptors (Lipinski definition) is 4. The van der Waals surface area contributed by atoms with E-state index in [1.54, 1.807) is 24.3 Å². The molecule has 1 aromatic rings. The van der Waals surface area contributed by atoms with Gasteiger partial charge in [-0.25, -0.2) is 0 Å². The van der Waals surface area contributed by atoms with Crippen molar-refractivity contribution in [3.63, 3.8) is 0 Å². The zero-order valence-electron chi connectivity index (χ0n) is 7.29. The fraction of sp³-hybridized carbons (Fsp3) is 0.111. The molecule has 0 spiro atoms. The van der Waals surface area contributed by atoms with Gasteiger partial charge < -0.3 is 5.32 Å². The smallest absolute Gasteiger partial charge is 0.253 e. The second-order valence-corrected chi connectivity index (χ2v) is 2.75. The number of hydrogen-bond donors (Lipinski definition) is 1. The van der Waals surface area contributed by atoms with Crippen LogP contribution >= 0.6 is 0 Å². The van der Waals surface area contributed by atoms with Crippen molar-refractivity contribution in [3.8, 4) is 0 Å². The van der Waals surface area contributed by atoms with Crippen LogP contribution in [-0.2, 0) is 0 Å². The fourth-order valence-electron chi connectivity index (χ4n) is 1.08. The Morgan fingerprint density at radius 1 is 1.29 bits per heavy atom. The fourth-order valence-corrected chi connectivity index (χ4v) is 1.08. The summed E-state index contributed by atoms with van der Waals surface area (Å²) in [6, 6.07) is 8.93. The van der Waals surface area contributed by atoms with Gasteiger partial charge >= 0.3 is 0 Å². The summed E-state index contributed by atoms with van der Waals surface area (Å²) < 4.78 is 0. The second kappa shape index (κ2) is 3.78. The van der Waals surface area contributed by atoms with Crippen LogP contribution in [0.2, 0.25) is 0 Å². The molecule has 1 unspecified atom stereocenters. The van der Waals surface area contributed by atoms with E-state index < -0.39 is 6.17 Å². The average molecular weight is 188 g/mol. The molecule has 70 valence electrons. The second-order valence-electron chi connectivity index (χ2n) is 2.75. The van der Waals surface area contributed by atoms with Crippen LogP contribution in [0.25, 0.3) is 0 Å². The lowest BCUT2D eigenvalue weighted by molar-refractivity contribution is 0.0948. The largest absolute Gasteiger partial charge is 0.324 e. The Kier molecular flexibility index (Phi) is 2.31. The molecule has 1 amide bonds. The summed E-state index contributed by atoms with van der Waals surface area (Å²) in [5, 5.41) is 13.2. The van der Waals surface area contributed by atoms with Gasteiger partial charge in [0, 0.05) is 5.56 Å². The van der Waals surface area contributed by atoms with Crippen molar-refractivity contribution in [2.75, 3.05) is 0 Å². The zero-order valence-corrected chi connectivity index (χ0v) is 7.29. The van der Waals surface area contributed by atoms with E-state index in [0.29, 0.717) is 5.56 Å². The number of nitrogens with zero attached hydrogens (tertiary/aromatic N) is 3. The van der Waals surface area contributed by atoms with Crippen LogP contribution in [0, 0.1) is 0 Å². The van der Waals surface area contributed by atoms with Gasteiger partial charge in [-0.3, -0.25) is 4.79 Å². The average Bonchev–Trinajstić information content (AvgIpc) is 2.72. The van der Waals surface area contributed by atoms with Crippen molar-refractivity contribution < 1.29 is 4.79 Å². The van der Waals surface area contributed by atoms with Crippen LogP contribution in [-0.4, -0.2) is 18.3 Å². The Bertz CT molecular complexity index is 373. The molecule has 1 heterocycles. The van der Waals surface area contributed by atoms with E-state index >= 15 is 0 Å². The van der Waals surface area contributed by atoms with Gasteiger partial charge in [0.25, 0.3) is 5.91 Å². The van der Waals surface area contributed by atoms with Crippen LogP contribution in [0.5, 0.6) is 0 Å². The number of carbonyl (C=O) groups excluding carboxylic acids is 1. The molecule has 1 atom stereocenters. The van der Waals surface area contributed by atoms with Crippen LogP contribution in [0.15, 0.2) is 45.8 Å². The van der Waals surface area contributed by atoms with Gasteiger partial charge in [-0.15, -0.1) is 10.2 Å². The first-order valence-corrected chi connectivity index (χ1v) is 4.15. The molecule has 0 aliphatic carbocycles.